The second-order valence-corrected chi connectivity index (χ2v) is 2.67. The van der Waals surface area contributed by atoms with Crippen molar-refractivity contribution in [3.8, 4) is 0 Å². The predicted molar refractivity (Wildman–Crippen MR) is 40.6 cm³/mol. The van der Waals surface area contributed by atoms with Crippen molar-refractivity contribution in [2.75, 3.05) is 6.54 Å². The Morgan fingerprint density at radius 3 is 2.90 bits per heavy atom. The van der Waals surface area contributed by atoms with E-state index in [1.54, 1.807) is 0 Å². The molecule has 1 unspecified atom stereocenters. The van der Waals surface area contributed by atoms with Crippen LogP contribution in [-0.2, 0) is 4.79 Å². The van der Waals surface area contributed by atoms with E-state index in [0.717, 1.165) is 19.4 Å². The molecule has 2 heteroatoms. The average molecular weight is 139 g/mol. The topological polar surface area (TPSA) is 20.3 Å². The molecule has 1 atom stereocenters. The third-order valence-electron chi connectivity index (χ3n) is 1.94. The first-order valence-corrected chi connectivity index (χ1v) is 3.67. The second-order valence-electron chi connectivity index (χ2n) is 2.67. The SMILES string of the molecule is C=CC(C)N1CCCC1=O. The molecule has 1 amide bonds. The minimum absolute atomic E-state index is 0.218. The summed E-state index contributed by atoms with van der Waals surface area (Å²) in [6.45, 7) is 6.55. The monoisotopic (exact) mass is 139 g/mol. The summed E-state index contributed by atoms with van der Waals surface area (Å²) < 4.78 is 0. The van der Waals surface area contributed by atoms with Crippen molar-refractivity contribution in [1.29, 1.82) is 0 Å². The minimum Gasteiger partial charge on any atom is -0.337 e. The number of likely N-dealkylation sites (tertiary alicyclic amines) is 1. The first kappa shape index (κ1) is 7.32. The van der Waals surface area contributed by atoms with Crippen molar-refractivity contribution in [3.63, 3.8) is 0 Å². The van der Waals surface area contributed by atoms with Crippen LogP contribution in [0.15, 0.2) is 12.7 Å². The van der Waals surface area contributed by atoms with E-state index in [1.165, 1.54) is 0 Å². The molecular weight excluding hydrogens is 126 g/mol. The van der Waals surface area contributed by atoms with Gasteiger partial charge in [-0.15, -0.1) is 6.58 Å². The van der Waals surface area contributed by atoms with Gasteiger partial charge in [-0.3, -0.25) is 4.79 Å². The van der Waals surface area contributed by atoms with Crippen molar-refractivity contribution < 1.29 is 4.79 Å². The van der Waals surface area contributed by atoms with Gasteiger partial charge in [0.05, 0.1) is 0 Å². The molecule has 1 aliphatic rings. The summed E-state index contributed by atoms with van der Waals surface area (Å²) in [7, 11) is 0. The molecule has 10 heavy (non-hydrogen) atoms. The van der Waals surface area contributed by atoms with Gasteiger partial charge in [0.15, 0.2) is 0 Å². The number of carbonyl (C=O) groups excluding carboxylic acids is 1. The number of hydrogen-bond donors (Lipinski definition) is 0. The van der Waals surface area contributed by atoms with E-state index in [2.05, 4.69) is 6.58 Å². The third-order valence-corrected chi connectivity index (χ3v) is 1.94. The Kier molecular flexibility index (Phi) is 2.10. The highest BCUT2D eigenvalue weighted by Gasteiger charge is 2.22. The van der Waals surface area contributed by atoms with Crippen LogP contribution in [0.3, 0.4) is 0 Å². The molecule has 0 aliphatic carbocycles. The number of amides is 1. The molecule has 0 aromatic heterocycles. The first-order chi connectivity index (χ1) is 4.75. The van der Waals surface area contributed by atoms with Gasteiger partial charge in [0.25, 0.3) is 0 Å². The summed E-state index contributed by atoms with van der Waals surface area (Å²) in [4.78, 5) is 12.9. The quantitative estimate of drug-likeness (QED) is 0.526. The van der Waals surface area contributed by atoms with E-state index in [1.807, 2.05) is 17.9 Å². The van der Waals surface area contributed by atoms with E-state index in [4.69, 9.17) is 0 Å². The van der Waals surface area contributed by atoms with Crippen molar-refractivity contribution in [2.24, 2.45) is 0 Å². The molecule has 1 heterocycles. The lowest BCUT2D eigenvalue weighted by atomic mass is 10.3. The second kappa shape index (κ2) is 2.86. The summed E-state index contributed by atoms with van der Waals surface area (Å²) in [6.07, 6.45) is 3.54. The van der Waals surface area contributed by atoms with Gasteiger partial charge in [-0.25, -0.2) is 0 Å². The Morgan fingerprint density at radius 1 is 1.80 bits per heavy atom. The Bertz CT molecular complexity index is 153. The van der Waals surface area contributed by atoms with E-state index < -0.39 is 0 Å². The van der Waals surface area contributed by atoms with E-state index in [9.17, 15) is 4.79 Å². The van der Waals surface area contributed by atoms with Crippen LogP contribution in [0.4, 0.5) is 0 Å². The van der Waals surface area contributed by atoms with E-state index >= 15 is 0 Å². The lowest BCUT2D eigenvalue weighted by Gasteiger charge is -2.20. The van der Waals surface area contributed by atoms with Gasteiger partial charge in [0, 0.05) is 19.0 Å². The van der Waals surface area contributed by atoms with Gasteiger partial charge in [0.2, 0.25) is 5.91 Å². The molecule has 56 valence electrons. The standard InChI is InChI=1S/C8H13NO/c1-3-7(2)9-6-4-5-8(9)10/h3,7H,1,4-6H2,2H3. The Labute approximate surface area is 61.5 Å². The molecule has 0 radical (unpaired) electrons. The summed E-state index contributed by atoms with van der Waals surface area (Å²) in [5.41, 5.74) is 0. The zero-order valence-electron chi connectivity index (χ0n) is 6.34. The third kappa shape index (κ3) is 1.20. The van der Waals surface area contributed by atoms with Crippen LogP contribution in [0.25, 0.3) is 0 Å². The first-order valence-electron chi connectivity index (χ1n) is 3.67. The molecule has 0 spiro atoms. The van der Waals surface area contributed by atoms with Gasteiger partial charge >= 0.3 is 0 Å². The minimum atomic E-state index is 0.218. The van der Waals surface area contributed by atoms with Gasteiger partial charge in [-0.1, -0.05) is 6.08 Å². The molecule has 0 aromatic carbocycles. The van der Waals surface area contributed by atoms with Crippen LogP contribution < -0.4 is 0 Å². The highest BCUT2D eigenvalue weighted by Crippen LogP contribution is 2.13. The maximum Gasteiger partial charge on any atom is 0.223 e. The van der Waals surface area contributed by atoms with Gasteiger partial charge in [-0.05, 0) is 13.3 Å². The number of rotatable bonds is 2. The predicted octanol–water partition coefficient (Wildman–Crippen LogP) is 1.18. The van der Waals surface area contributed by atoms with Crippen molar-refractivity contribution in [3.05, 3.63) is 12.7 Å². The van der Waals surface area contributed by atoms with Crippen molar-refractivity contribution in [2.45, 2.75) is 25.8 Å². The van der Waals surface area contributed by atoms with Crippen LogP contribution in [0, 0.1) is 0 Å². The van der Waals surface area contributed by atoms with Gasteiger partial charge < -0.3 is 4.90 Å². The van der Waals surface area contributed by atoms with Crippen LogP contribution in [-0.4, -0.2) is 23.4 Å². The number of carbonyl (C=O) groups is 1. The molecule has 0 N–H and O–H groups in total. The molecular formula is C8H13NO. The zero-order chi connectivity index (χ0) is 7.56. The summed E-state index contributed by atoms with van der Waals surface area (Å²) in [5, 5.41) is 0. The Balaban J connectivity index is 2.54. The van der Waals surface area contributed by atoms with Crippen molar-refractivity contribution >= 4 is 5.91 Å². The highest BCUT2D eigenvalue weighted by molar-refractivity contribution is 5.78. The van der Waals surface area contributed by atoms with Crippen LogP contribution in [0.5, 0.6) is 0 Å². The summed E-state index contributed by atoms with van der Waals surface area (Å²) >= 11 is 0. The molecule has 0 saturated carbocycles. The smallest absolute Gasteiger partial charge is 0.223 e. The van der Waals surface area contributed by atoms with E-state index in [0.29, 0.717) is 0 Å². The molecule has 1 rings (SSSR count). The van der Waals surface area contributed by atoms with Crippen LogP contribution in [0.2, 0.25) is 0 Å². The summed E-state index contributed by atoms with van der Waals surface area (Å²) in [6, 6.07) is 0.218. The summed E-state index contributed by atoms with van der Waals surface area (Å²) in [5.74, 6) is 0.271. The van der Waals surface area contributed by atoms with Gasteiger partial charge in [0.1, 0.15) is 0 Å². The molecule has 0 aromatic rings. The van der Waals surface area contributed by atoms with Gasteiger partial charge in [-0.2, -0.15) is 0 Å². The molecule has 1 fully saturated rings. The maximum absolute atomic E-state index is 11.1. The molecule has 1 aliphatic heterocycles. The molecule has 0 bridgehead atoms. The highest BCUT2D eigenvalue weighted by atomic mass is 16.2. The normalized spacial score (nSPS) is 21.3. The van der Waals surface area contributed by atoms with E-state index in [-0.39, 0.29) is 11.9 Å². The van der Waals surface area contributed by atoms with Crippen LogP contribution in [0.1, 0.15) is 19.8 Å². The Hall–Kier alpha value is -0.790. The number of hydrogen-bond acceptors (Lipinski definition) is 1. The fraction of sp³-hybridized carbons (Fsp3) is 0.625. The van der Waals surface area contributed by atoms with Crippen LogP contribution >= 0.6 is 0 Å². The maximum atomic E-state index is 11.1. The fourth-order valence-electron chi connectivity index (χ4n) is 1.23. The Morgan fingerprint density at radius 2 is 2.50 bits per heavy atom. The molecule has 2 nitrogen and oxygen atoms in total. The lowest BCUT2D eigenvalue weighted by Crippen LogP contribution is -2.32. The molecule has 1 saturated heterocycles. The fourth-order valence-corrected chi connectivity index (χ4v) is 1.23. The largest absolute Gasteiger partial charge is 0.337 e. The van der Waals surface area contributed by atoms with Crippen molar-refractivity contribution in [1.82, 2.24) is 4.90 Å². The zero-order valence-corrected chi connectivity index (χ0v) is 6.34. The number of nitrogens with zero attached hydrogens (tertiary/aromatic N) is 1. The average Bonchev–Trinajstić information content (AvgIpc) is 2.34. The lowest BCUT2D eigenvalue weighted by molar-refractivity contribution is -0.128.